The van der Waals surface area contributed by atoms with Gasteiger partial charge in [-0.25, -0.2) is 4.98 Å². The second-order valence-corrected chi connectivity index (χ2v) is 6.58. The molecule has 0 aliphatic rings. The van der Waals surface area contributed by atoms with Crippen LogP contribution in [0.4, 0.5) is 0 Å². The van der Waals surface area contributed by atoms with E-state index in [0.29, 0.717) is 10.1 Å². The third-order valence-electron chi connectivity index (χ3n) is 2.61. The molecule has 18 heavy (non-hydrogen) atoms. The lowest BCUT2D eigenvalue weighted by molar-refractivity contribution is 0.682. The molecule has 0 aliphatic heterocycles. The van der Waals surface area contributed by atoms with Gasteiger partial charge in [-0.3, -0.25) is 4.21 Å². The van der Waals surface area contributed by atoms with Gasteiger partial charge >= 0.3 is 0 Å². The van der Waals surface area contributed by atoms with E-state index in [1.54, 1.807) is 0 Å². The van der Waals surface area contributed by atoms with E-state index in [1.807, 2.05) is 54.6 Å². The molecule has 0 fully saturated rings. The Hall–Kier alpha value is -1.52. The average Bonchev–Trinajstić information content (AvgIpc) is 2.84. The van der Waals surface area contributed by atoms with Crippen molar-refractivity contribution in [3.8, 4) is 0 Å². The molecular formula is C14H11NOS2. The molecule has 1 heterocycles. The van der Waals surface area contributed by atoms with Crippen molar-refractivity contribution in [2.45, 2.75) is 10.1 Å². The molecule has 0 saturated carbocycles. The van der Waals surface area contributed by atoms with Gasteiger partial charge in [0.15, 0.2) is 4.34 Å². The molecule has 0 spiro atoms. The molecule has 1 aromatic heterocycles. The SMILES string of the molecule is O=[S@](Cc1ccccc1)c1nc2ccccc2s1. The predicted molar refractivity (Wildman–Crippen MR) is 76.2 cm³/mol. The van der Waals surface area contributed by atoms with Crippen LogP contribution in [0.15, 0.2) is 58.9 Å². The molecule has 0 unspecified atom stereocenters. The van der Waals surface area contributed by atoms with Crippen LogP contribution in [0.5, 0.6) is 0 Å². The lowest BCUT2D eigenvalue weighted by Crippen LogP contribution is -1.95. The van der Waals surface area contributed by atoms with E-state index in [-0.39, 0.29) is 0 Å². The molecule has 0 amide bonds. The first-order chi connectivity index (χ1) is 8.83. The van der Waals surface area contributed by atoms with Gasteiger partial charge in [0.25, 0.3) is 0 Å². The zero-order chi connectivity index (χ0) is 12.4. The lowest BCUT2D eigenvalue weighted by atomic mass is 10.2. The Morgan fingerprint density at radius 3 is 2.50 bits per heavy atom. The van der Waals surface area contributed by atoms with Crippen LogP contribution >= 0.6 is 11.3 Å². The second-order valence-electron chi connectivity index (χ2n) is 3.92. The van der Waals surface area contributed by atoms with E-state index in [2.05, 4.69) is 4.98 Å². The standard InChI is InChI=1S/C14H11NOS2/c16-18(10-11-6-2-1-3-7-11)14-15-12-8-4-5-9-13(12)17-14/h1-9H,10H2/t18-/m1/s1. The fourth-order valence-corrected chi connectivity index (χ4v) is 4.07. The maximum absolute atomic E-state index is 12.2. The van der Waals surface area contributed by atoms with E-state index in [9.17, 15) is 4.21 Å². The minimum absolute atomic E-state index is 0.528. The van der Waals surface area contributed by atoms with E-state index in [1.165, 1.54) is 11.3 Å². The van der Waals surface area contributed by atoms with Crippen molar-refractivity contribution in [2.75, 3.05) is 0 Å². The lowest BCUT2D eigenvalue weighted by Gasteiger charge is -1.98. The summed E-state index contributed by atoms with van der Waals surface area (Å²) in [4.78, 5) is 4.43. The minimum atomic E-state index is -1.06. The fourth-order valence-electron chi connectivity index (χ4n) is 1.74. The fraction of sp³-hybridized carbons (Fsp3) is 0.0714. The highest BCUT2D eigenvalue weighted by atomic mass is 32.2. The van der Waals surface area contributed by atoms with Gasteiger partial charge in [0, 0.05) is 0 Å². The van der Waals surface area contributed by atoms with Crippen LogP contribution in [-0.4, -0.2) is 9.19 Å². The molecule has 0 N–H and O–H groups in total. The third-order valence-corrected chi connectivity index (χ3v) is 5.32. The first-order valence-electron chi connectivity index (χ1n) is 5.61. The molecular weight excluding hydrogens is 262 g/mol. The number of hydrogen-bond donors (Lipinski definition) is 0. The Bertz CT molecular complexity index is 658. The van der Waals surface area contributed by atoms with E-state index in [4.69, 9.17) is 0 Å². The molecule has 3 rings (SSSR count). The molecule has 0 bridgehead atoms. The molecule has 0 radical (unpaired) electrons. The van der Waals surface area contributed by atoms with Gasteiger partial charge in [-0.15, -0.1) is 11.3 Å². The number of nitrogens with zero attached hydrogens (tertiary/aromatic N) is 1. The van der Waals surface area contributed by atoms with Crippen molar-refractivity contribution in [1.29, 1.82) is 0 Å². The molecule has 3 aromatic rings. The summed E-state index contributed by atoms with van der Waals surface area (Å²) in [6, 6.07) is 17.8. The molecule has 1 atom stereocenters. The molecule has 4 heteroatoms. The third kappa shape index (κ3) is 2.35. The van der Waals surface area contributed by atoms with E-state index in [0.717, 1.165) is 15.8 Å². The normalized spacial score (nSPS) is 12.7. The molecule has 2 aromatic carbocycles. The van der Waals surface area contributed by atoms with Crippen LogP contribution in [0.2, 0.25) is 0 Å². The van der Waals surface area contributed by atoms with Crippen LogP contribution in [0.25, 0.3) is 10.2 Å². The number of fused-ring (bicyclic) bond motifs is 1. The number of benzene rings is 2. The molecule has 0 saturated heterocycles. The largest absolute Gasteiger partial charge is 0.252 e. The van der Waals surface area contributed by atoms with Gasteiger partial charge < -0.3 is 0 Å². The molecule has 2 nitrogen and oxygen atoms in total. The summed E-state index contributed by atoms with van der Waals surface area (Å²) in [7, 11) is -1.06. The quantitative estimate of drug-likeness (QED) is 0.729. The Morgan fingerprint density at radius 1 is 1.00 bits per heavy atom. The van der Waals surface area contributed by atoms with Crippen molar-refractivity contribution in [3.63, 3.8) is 0 Å². The average molecular weight is 273 g/mol. The minimum Gasteiger partial charge on any atom is -0.252 e. The summed E-state index contributed by atoms with van der Waals surface area (Å²) in [5.41, 5.74) is 2.01. The van der Waals surface area contributed by atoms with Crippen molar-refractivity contribution >= 4 is 32.4 Å². The highest BCUT2D eigenvalue weighted by Crippen LogP contribution is 2.25. The summed E-state index contributed by atoms with van der Waals surface area (Å²) < 4.78 is 14.0. The van der Waals surface area contributed by atoms with Crippen molar-refractivity contribution in [1.82, 2.24) is 4.98 Å². The maximum atomic E-state index is 12.2. The highest BCUT2D eigenvalue weighted by molar-refractivity contribution is 7.86. The van der Waals surface area contributed by atoms with Gasteiger partial charge in [0.1, 0.15) is 0 Å². The van der Waals surface area contributed by atoms with Gasteiger partial charge in [-0.1, -0.05) is 42.5 Å². The monoisotopic (exact) mass is 273 g/mol. The summed E-state index contributed by atoms with van der Waals surface area (Å²) in [5.74, 6) is 0.528. The van der Waals surface area contributed by atoms with Crippen LogP contribution in [0, 0.1) is 0 Å². The van der Waals surface area contributed by atoms with Crippen LogP contribution in [0.3, 0.4) is 0 Å². The Kier molecular flexibility index (Phi) is 3.21. The van der Waals surface area contributed by atoms with Crippen molar-refractivity contribution in [3.05, 3.63) is 60.2 Å². The summed E-state index contributed by atoms with van der Waals surface area (Å²) >= 11 is 1.51. The summed E-state index contributed by atoms with van der Waals surface area (Å²) in [6.45, 7) is 0. The predicted octanol–water partition coefficient (Wildman–Crippen LogP) is 3.60. The number of aromatic nitrogens is 1. The maximum Gasteiger partial charge on any atom is 0.182 e. The smallest absolute Gasteiger partial charge is 0.182 e. The summed E-state index contributed by atoms with van der Waals surface area (Å²) in [6.07, 6.45) is 0. The second kappa shape index (κ2) is 5.00. The van der Waals surface area contributed by atoms with Crippen LogP contribution in [0.1, 0.15) is 5.56 Å². The molecule has 0 aliphatic carbocycles. The Balaban J connectivity index is 1.88. The van der Waals surface area contributed by atoms with E-state index < -0.39 is 10.8 Å². The first kappa shape index (κ1) is 11.6. The first-order valence-corrected chi connectivity index (χ1v) is 7.74. The number of rotatable bonds is 3. The van der Waals surface area contributed by atoms with Crippen LogP contribution < -0.4 is 0 Å². The van der Waals surface area contributed by atoms with Crippen molar-refractivity contribution < 1.29 is 4.21 Å². The van der Waals surface area contributed by atoms with Gasteiger partial charge in [-0.05, 0) is 17.7 Å². The number of hydrogen-bond acceptors (Lipinski definition) is 3. The Morgan fingerprint density at radius 2 is 1.72 bits per heavy atom. The number of para-hydroxylation sites is 1. The van der Waals surface area contributed by atoms with Gasteiger partial charge in [-0.2, -0.15) is 0 Å². The van der Waals surface area contributed by atoms with E-state index >= 15 is 0 Å². The topological polar surface area (TPSA) is 30.0 Å². The zero-order valence-electron chi connectivity index (χ0n) is 9.58. The van der Waals surface area contributed by atoms with Crippen LogP contribution in [-0.2, 0) is 16.6 Å². The number of thiazole rings is 1. The van der Waals surface area contributed by atoms with Crippen molar-refractivity contribution in [2.24, 2.45) is 0 Å². The highest BCUT2D eigenvalue weighted by Gasteiger charge is 2.10. The Labute approximate surface area is 112 Å². The van der Waals surface area contributed by atoms with Gasteiger partial charge in [0.05, 0.1) is 26.8 Å². The summed E-state index contributed by atoms with van der Waals surface area (Å²) in [5, 5.41) is 0. The molecule has 90 valence electrons. The zero-order valence-corrected chi connectivity index (χ0v) is 11.2. The van der Waals surface area contributed by atoms with Gasteiger partial charge in [0.2, 0.25) is 0 Å².